The van der Waals surface area contributed by atoms with Crippen molar-refractivity contribution in [3.05, 3.63) is 18.5 Å². The third-order valence-electron chi connectivity index (χ3n) is 3.07. The van der Waals surface area contributed by atoms with Crippen molar-refractivity contribution < 1.29 is 5.11 Å². The minimum atomic E-state index is -0.434. The van der Waals surface area contributed by atoms with Crippen LogP contribution in [0.2, 0.25) is 0 Å². The molecule has 0 bridgehead atoms. The average Bonchev–Trinajstić information content (AvgIpc) is 2.38. The van der Waals surface area contributed by atoms with E-state index in [4.69, 9.17) is 5.73 Å². The molecule has 6 heteroatoms. The van der Waals surface area contributed by atoms with Crippen LogP contribution in [0, 0.1) is 0 Å². The molecule has 2 heterocycles. The Hall–Kier alpha value is -1.95. The lowest BCUT2D eigenvalue weighted by Crippen LogP contribution is -2.38. The molecule has 2 aromatic heterocycles. The number of aliphatic hydroxyl groups is 1. The second kappa shape index (κ2) is 4.73. The van der Waals surface area contributed by atoms with E-state index in [-0.39, 0.29) is 12.6 Å². The predicted octanol–water partition coefficient (Wildman–Crippen LogP) is 1.18. The maximum atomic E-state index is 9.44. The van der Waals surface area contributed by atoms with E-state index >= 15 is 0 Å². The molecule has 2 aromatic rings. The summed E-state index contributed by atoms with van der Waals surface area (Å²) in [7, 11) is 0. The fourth-order valence-electron chi connectivity index (χ4n) is 1.62. The first-order valence-electron chi connectivity index (χ1n) is 5.84. The van der Waals surface area contributed by atoms with Crippen LogP contribution in [0.15, 0.2) is 18.5 Å². The highest BCUT2D eigenvalue weighted by Crippen LogP contribution is 2.24. The zero-order valence-electron chi connectivity index (χ0n) is 10.5. The number of nitrogens with zero attached hydrogens (tertiary/aromatic N) is 3. The summed E-state index contributed by atoms with van der Waals surface area (Å²) in [4.78, 5) is 12.3. The lowest BCUT2D eigenvalue weighted by atomic mass is 10.00. The van der Waals surface area contributed by atoms with E-state index in [1.165, 1.54) is 0 Å². The first kappa shape index (κ1) is 12.5. The molecule has 0 aliphatic carbocycles. The van der Waals surface area contributed by atoms with Gasteiger partial charge in [-0.05, 0) is 19.4 Å². The second-order valence-electron chi connectivity index (χ2n) is 4.52. The highest BCUT2D eigenvalue weighted by molar-refractivity contribution is 5.89. The monoisotopic (exact) mass is 247 g/mol. The van der Waals surface area contributed by atoms with Gasteiger partial charge in [-0.1, -0.05) is 6.92 Å². The zero-order valence-corrected chi connectivity index (χ0v) is 10.5. The van der Waals surface area contributed by atoms with E-state index in [0.717, 1.165) is 11.8 Å². The van der Waals surface area contributed by atoms with Crippen LogP contribution in [0.1, 0.15) is 20.3 Å². The van der Waals surface area contributed by atoms with Gasteiger partial charge in [0.1, 0.15) is 5.82 Å². The number of aromatic nitrogens is 3. The Morgan fingerprint density at radius 2 is 2.22 bits per heavy atom. The second-order valence-corrected chi connectivity index (χ2v) is 4.52. The van der Waals surface area contributed by atoms with Crippen LogP contribution in [0.5, 0.6) is 0 Å². The molecule has 0 unspecified atom stereocenters. The van der Waals surface area contributed by atoms with Gasteiger partial charge in [-0.15, -0.1) is 0 Å². The van der Waals surface area contributed by atoms with Gasteiger partial charge in [-0.25, -0.2) is 4.98 Å². The van der Waals surface area contributed by atoms with Crippen molar-refractivity contribution in [2.45, 2.75) is 25.8 Å². The predicted molar refractivity (Wildman–Crippen MR) is 71.1 cm³/mol. The van der Waals surface area contributed by atoms with Crippen LogP contribution in [-0.2, 0) is 0 Å². The standard InChI is InChI=1S/C12H17N5O/c1-3-12(2,7-18)17-10-8-4-5-14-6-9(8)15-11(13)16-10/h4-6,18H,3,7H2,1-2H3,(H3,13,15,16,17)/t12-/m1/s1. The fourth-order valence-corrected chi connectivity index (χ4v) is 1.62. The minimum Gasteiger partial charge on any atom is -0.394 e. The number of nitrogen functional groups attached to an aromatic ring is 1. The molecule has 0 saturated carbocycles. The number of nitrogens with two attached hydrogens (primary N) is 1. The SMILES string of the molecule is CC[C@](C)(CO)Nc1nc(N)nc2cnccc12. The van der Waals surface area contributed by atoms with E-state index in [9.17, 15) is 5.11 Å². The molecular weight excluding hydrogens is 230 g/mol. The van der Waals surface area contributed by atoms with Crippen LogP contribution >= 0.6 is 0 Å². The van der Waals surface area contributed by atoms with Gasteiger partial charge in [-0.2, -0.15) is 4.98 Å². The Labute approximate surface area is 105 Å². The number of rotatable bonds is 4. The van der Waals surface area contributed by atoms with Crippen molar-refractivity contribution in [1.29, 1.82) is 0 Å². The maximum Gasteiger partial charge on any atom is 0.222 e. The van der Waals surface area contributed by atoms with Crippen LogP contribution in [-0.4, -0.2) is 32.2 Å². The fraction of sp³-hybridized carbons (Fsp3) is 0.417. The Morgan fingerprint density at radius 1 is 1.44 bits per heavy atom. The number of aliphatic hydroxyl groups excluding tert-OH is 1. The first-order valence-corrected chi connectivity index (χ1v) is 5.84. The van der Waals surface area contributed by atoms with Gasteiger partial charge in [0.2, 0.25) is 5.95 Å². The van der Waals surface area contributed by atoms with Crippen molar-refractivity contribution in [2.24, 2.45) is 0 Å². The van der Waals surface area contributed by atoms with Crippen molar-refractivity contribution in [3.8, 4) is 0 Å². The van der Waals surface area contributed by atoms with Gasteiger partial charge >= 0.3 is 0 Å². The number of anilines is 2. The molecule has 6 nitrogen and oxygen atoms in total. The Bertz CT molecular complexity index is 553. The number of nitrogens with one attached hydrogen (secondary N) is 1. The summed E-state index contributed by atoms with van der Waals surface area (Å²) in [5.74, 6) is 0.813. The lowest BCUT2D eigenvalue weighted by molar-refractivity contribution is 0.218. The molecule has 0 fully saturated rings. The van der Waals surface area contributed by atoms with Crippen molar-refractivity contribution in [2.75, 3.05) is 17.7 Å². The summed E-state index contributed by atoms with van der Waals surface area (Å²) >= 11 is 0. The largest absolute Gasteiger partial charge is 0.394 e. The molecule has 0 aliphatic rings. The van der Waals surface area contributed by atoms with Gasteiger partial charge < -0.3 is 16.2 Å². The van der Waals surface area contributed by atoms with Crippen LogP contribution < -0.4 is 11.1 Å². The molecule has 0 aliphatic heterocycles. The third kappa shape index (κ3) is 2.33. The Balaban J connectivity index is 2.50. The molecule has 0 saturated heterocycles. The Morgan fingerprint density at radius 3 is 2.89 bits per heavy atom. The third-order valence-corrected chi connectivity index (χ3v) is 3.07. The molecular formula is C12H17N5O. The summed E-state index contributed by atoms with van der Waals surface area (Å²) in [5.41, 5.74) is 5.92. The van der Waals surface area contributed by atoms with Gasteiger partial charge in [-0.3, -0.25) is 4.98 Å². The van der Waals surface area contributed by atoms with Crippen molar-refractivity contribution in [3.63, 3.8) is 0 Å². The first-order chi connectivity index (χ1) is 8.58. The van der Waals surface area contributed by atoms with Crippen LogP contribution in [0.4, 0.5) is 11.8 Å². The van der Waals surface area contributed by atoms with Gasteiger partial charge in [0.15, 0.2) is 0 Å². The quantitative estimate of drug-likeness (QED) is 0.750. The zero-order chi connectivity index (χ0) is 13.2. The van der Waals surface area contributed by atoms with Crippen molar-refractivity contribution in [1.82, 2.24) is 15.0 Å². The lowest BCUT2D eigenvalue weighted by Gasteiger charge is -2.28. The maximum absolute atomic E-state index is 9.44. The van der Waals surface area contributed by atoms with E-state index < -0.39 is 5.54 Å². The highest BCUT2D eigenvalue weighted by atomic mass is 16.3. The van der Waals surface area contributed by atoms with E-state index in [1.807, 2.05) is 19.9 Å². The molecule has 1 atom stereocenters. The minimum absolute atomic E-state index is 0.0139. The molecule has 4 N–H and O–H groups in total. The van der Waals surface area contributed by atoms with Crippen LogP contribution in [0.25, 0.3) is 10.9 Å². The smallest absolute Gasteiger partial charge is 0.222 e. The molecule has 96 valence electrons. The normalized spacial score (nSPS) is 14.4. The summed E-state index contributed by atoms with van der Waals surface area (Å²) in [6.45, 7) is 3.94. The number of hydrogen-bond acceptors (Lipinski definition) is 6. The number of hydrogen-bond donors (Lipinski definition) is 3. The number of pyridine rings is 1. The van der Waals surface area contributed by atoms with Crippen molar-refractivity contribution >= 4 is 22.7 Å². The van der Waals surface area contributed by atoms with Crippen LogP contribution in [0.3, 0.4) is 0 Å². The average molecular weight is 247 g/mol. The Kier molecular flexibility index (Phi) is 3.29. The molecule has 0 spiro atoms. The molecule has 2 rings (SSSR count). The van der Waals surface area contributed by atoms with Gasteiger partial charge in [0.25, 0.3) is 0 Å². The topological polar surface area (TPSA) is 97.0 Å². The van der Waals surface area contributed by atoms with Gasteiger partial charge in [0, 0.05) is 11.6 Å². The highest BCUT2D eigenvalue weighted by Gasteiger charge is 2.22. The summed E-state index contributed by atoms with van der Waals surface area (Å²) in [5, 5.41) is 13.5. The molecule has 0 amide bonds. The van der Waals surface area contributed by atoms with Gasteiger partial charge in [0.05, 0.1) is 23.9 Å². The van der Waals surface area contributed by atoms with E-state index in [0.29, 0.717) is 11.3 Å². The molecule has 18 heavy (non-hydrogen) atoms. The van der Waals surface area contributed by atoms with E-state index in [1.54, 1.807) is 12.4 Å². The molecule has 0 radical (unpaired) electrons. The number of fused-ring (bicyclic) bond motifs is 1. The van der Waals surface area contributed by atoms with E-state index in [2.05, 4.69) is 20.3 Å². The summed E-state index contributed by atoms with van der Waals surface area (Å²) < 4.78 is 0. The summed E-state index contributed by atoms with van der Waals surface area (Å²) in [6, 6.07) is 1.82. The summed E-state index contributed by atoms with van der Waals surface area (Å²) in [6.07, 6.45) is 4.08. The molecule has 0 aromatic carbocycles.